The topological polar surface area (TPSA) is 38.3 Å². The minimum absolute atomic E-state index is 0.247. The predicted octanol–water partition coefficient (Wildman–Crippen LogP) is 3.19. The second-order valence-corrected chi connectivity index (χ2v) is 6.02. The van der Waals surface area contributed by atoms with E-state index in [0.29, 0.717) is 18.4 Å². The third-order valence-electron chi connectivity index (χ3n) is 4.16. The van der Waals surface area contributed by atoms with E-state index in [0.717, 1.165) is 43.7 Å². The molecule has 108 valence electrons. The lowest BCUT2D eigenvalue weighted by molar-refractivity contribution is 0.0971. The van der Waals surface area contributed by atoms with Crippen LogP contribution in [-0.2, 0) is 0 Å². The first-order valence-electron chi connectivity index (χ1n) is 7.82. The number of hydrogen-bond donors (Lipinski definition) is 1. The normalized spacial score (nSPS) is 22.5. The number of piperidine rings is 1. The van der Waals surface area contributed by atoms with Crippen LogP contribution in [0.15, 0.2) is 24.3 Å². The third kappa shape index (κ3) is 3.83. The Bertz CT molecular complexity index is 462. The highest BCUT2D eigenvalue weighted by Gasteiger charge is 2.23. The number of ether oxygens (including phenoxy) is 1. The van der Waals surface area contributed by atoms with E-state index in [2.05, 4.69) is 5.32 Å². The van der Waals surface area contributed by atoms with Crippen LogP contribution >= 0.6 is 0 Å². The Morgan fingerprint density at radius 1 is 1.30 bits per heavy atom. The van der Waals surface area contributed by atoms with Gasteiger partial charge in [-0.15, -0.1) is 0 Å². The van der Waals surface area contributed by atoms with Gasteiger partial charge in [-0.2, -0.15) is 0 Å². The van der Waals surface area contributed by atoms with Crippen LogP contribution in [-0.4, -0.2) is 25.0 Å². The summed E-state index contributed by atoms with van der Waals surface area (Å²) in [5.41, 5.74) is 0.798. The average molecular weight is 273 g/mol. The van der Waals surface area contributed by atoms with Crippen molar-refractivity contribution < 1.29 is 9.53 Å². The Balaban J connectivity index is 1.52. The molecule has 2 aliphatic rings. The van der Waals surface area contributed by atoms with E-state index < -0.39 is 0 Å². The molecule has 0 aromatic heterocycles. The van der Waals surface area contributed by atoms with Gasteiger partial charge in [0.25, 0.3) is 0 Å². The number of ketones is 1. The first-order chi connectivity index (χ1) is 9.81. The van der Waals surface area contributed by atoms with E-state index in [4.69, 9.17) is 4.74 Å². The monoisotopic (exact) mass is 273 g/mol. The van der Waals surface area contributed by atoms with Crippen molar-refractivity contribution >= 4 is 5.78 Å². The lowest BCUT2D eigenvalue weighted by Gasteiger charge is -2.22. The highest BCUT2D eigenvalue weighted by Crippen LogP contribution is 2.27. The molecule has 3 rings (SSSR count). The van der Waals surface area contributed by atoms with Gasteiger partial charge < -0.3 is 10.1 Å². The Labute approximate surface area is 120 Å². The van der Waals surface area contributed by atoms with Crippen LogP contribution in [0.3, 0.4) is 0 Å². The van der Waals surface area contributed by atoms with Gasteiger partial charge in [-0.05, 0) is 63.2 Å². The Morgan fingerprint density at radius 3 is 2.95 bits per heavy atom. The molecule has 1 saturated heterocycles. The molecule has 1 heterocycles. The molecule has 1 N–H and O–H groups in total. The van der Waals surface area contributed by atoms with Crippen LogP contribution in [0.1, 0.15) is 48.9 Å². The molecule has 0 spiro atoms. The van der Waals surface area contributed by atoms with E-state index >= 15 is 0 Å². The molecule has 1 saturated carbocycles. The Morgan fingerprint density at radius 2 is 2.20 bits per heavy atom. The lowest BCUT2D eigenvalue weighted by atomic mass is 9.92. The molecule has 1 unspecified atom stereocenters. The van der Waals surface area contributed by atoms with Gasteiger partial charge in [-0.25, -0.2) is 0 Å². The van der Waals surface area contributed by atoms with Crippen molar-refractivity contribution in [3.8, 4) is 5.75 Å². The molecule has 20 heavy (non-hydrogen) atoms. The summed E-state index contributed by atoms with van der Waals surface area (Å²) in [4.78, 5) is 12.3. The second kappa shape index (κ2) is 6.40. The zero-order valence-corrected chi connectivity index (χ0v) is 11.9. The van der Waals surface area contributed by atoms with E-state index in [1.807, 2.05) is 24.3 Å². The fourth-order valence-corrected chi connectivity index (χ4v) is 2.77. The molecule has 2 fully saturated rings. The van der Waals surface area contributed by atoms with Crippen LogP contribution in [0.5, 0.6) is 5.75 Å². The van der Waals surface area contributed by atoms with E-state index in [9.17, 15) is 4.79 Å². The van der Waals surface area contributed by atoms with Crippen LogP contribution in [0.2, 0.25) is 0 Å². The van der Waals surface area contributed by atoms with Crippen molar-refractivity contribution in [2.24, 2.45) is 5.92 Å². The summed E-state index contributed by atoms with van der Waals surface area (Å²) >= 11 is 0. The maximum Gasteiger partial charge on any atom is 0.163 e. The molecular formula is C17H23NO2. The molecule has 0 radical (unpaired) electrons. The smallest absolute Gasteiger partial charge is 0.163 e. The summed E-state index contributed by atoms with van der Waals surface area (Å²) in [6.07, 6.45) is 6.82. The summed E-state index contributed by atoms with van der Waals surface area (Å²) in [7, 11) is 0. The Hall–Kier alpha value is -1.35. The summed E-state index contributed by atoms with van der Waals surface area (Å²) in [6, 6.07) is 7.67. The van der Waals surface area contributed by atoms with Crippen LogP contribution in [0.4, 0.5) is 0 Å². The second-order valence-electron chi connectivity index (χ2n) is 6.02. The molecule has 3 heteroatoms. The van der Waals surface area contributed by atoms with E-state index in [1.54, 1.807) is 0 Å². The summed E-state index contributed by atoms with van der Waals surface area (Å²) in [5, 5.41) is 3.40. The summed E-state index contributed by atoms with van der Waals surface area (Å²) in [5.74, 6) is 1.76. The van der Waals surface area contributed by atoms with Crippen molar-refractivity contribution in [1.82, 2.24) is 5.32 Å². The van der Waals surface area contributed by atoms with Crippen LogP contribution in [0, 0.1) is 5.92 Å². The van der Waals surface area contributed by atoms with E-state index in [1.165, 1.54) is 12.8 Å². The minimum atomic E-state index is 0.247. The van der Waals surface area contributed by atoms with Gasteiger partial charge in [0, 0.05) is 12.0 Å². The fourth-order valence-electron chi connectivity index (χ4n) is 2.77. The number of benzene rings is 1. The summed E-state index contributed by atoms with van der Waals surface area (Å²) in [6.45, 7) is 2.20. The quantitative estimate of drug-likeness (QED) is 0.809. The molecule has 1 aromatic rings. The first kappa shape index (κ1) is 13.6. The molecule has 3 nitrogen and oxygen atoms in total. The molecule has 0 bridgehead atoms. The SMILES string of the molecule is O=C(CCC1CCCNC1)c1cccc(OC2CC2)c1. The molecule has 1 aromatic carbocycles. The highest BCUT2D eigenvalue weighted by atomic mass is 16.5. The number of Topliss-reactive ketones (excluding diaryl/α,β-unsaturated/α-hetero) is 1. The molecule has 0 amide bonds. The van der Waals surface area contributed by atoms with Crippen molar-refractivity contribution in [3.05, 3.63) is 29.8 Å². The van der Waals surface area contributed by atoms with Gasteiger partial charge in [0.2, 0.25) is 0 Å². The molecule has 1 aliphatic heterocycles. The van der Waals surface area contributed by atoms with Gasteiger partial charge in [0.1, 0.15) is 5.75 Å². The zero-order chi connectivity index (χ0) is 13.8. The van der Waals surface area contributed by atoms with E-state index in [-0.39, 0.29) is 5.78 Å². The number of carbonyl (C=O) groups is 1. The molecular weight excluding hydrogens is 250 g/mol. The average Bonchev–Trinajstić information content (AvgIpc) is 3.30. The van der Waals surface area contributed by atoms with Gasteiger partial charge in [-0.1, -0.05) is 12.1 Å². The first-order valence-corrected chi connectivity index (χ1v) is 7.82. The largest absolute Gasteiger partial charge is 0.490 e. The number of carbonyl (C=O) groups excluding carboxylic acids is 1. The Kier molecular flexibility index (Phi) is 4.36. The van der Waals surface area contributed by atoms with Crippen molar-refractivity contribution in [3.63, 3.8) is 0 Å². The maximum absolute atomic E-state index is 12.3. The van der Waals surface area contributed by atoms with Crippen LogP contribution in [0.25, 0.3) is 0 Å². The number of nitrogens with one attached hydrogen (secondary N) is 1. The van der Waals surface area contributed by atoms with Crippen molar-refractivity contribution in [1.29, 1.82) is 0 Å². The van der Waals surface area contributed by atoms with Gasteiger partial charge >= 0.3 is 0 Å². The van der Waals surface area contributed by atoms with Gasteiger partial charge in [0.05, 0.1) is 6.10 Å². The van der Waals surface area contributed by atoms with Crippen LogP contribution < -0.4 is 10.1 Å². The zero-order valence-electron chi connectivity index (χ0n) is 11.9. The van der Waals surface area contributed by atoms with Gasteiger partial charge in [0.15, 0.2) is 5.78 Å². The fraction of sp³-hybridized carbons (Fsp3) is 0.588. The maximum atomic E-state index is 12.3. The lowest BCUT2D eigenvalue weighted by Crippen LogP contribution is -2.30. The summed E-state index contributed by atoms with van der Waals surface area (Å²) < 4.78 is 5.75. The van der Waals surface area contributed by atoms with Crippen molar-refractivity contribution in [2.45, 2.75) is 44.6 Å². The standard InChI is InChI=1S/C17H23NO2/c19-17(9-6-13-3-2-10-18-12-13)14-4-1-5-16(11-14)20-15-7-8-15/h1,4-5,11,13,15,18H,2-3,6-10,12H2. The highest BCUT2D eigenvalue weighted by molar-refractivity contribution is 5.96. The minimum Gasteiger partial charge on any atom is -0.490 e. The molecule has 1 atom stereocenters. The van der Waals surface area contributed by atoms with Gasteiger partial charge in [-0.3, -0.25) is 4.79 Å². The third-order valence-corrected chi connectivity index (χ3v) is 4.16. The number of rotatable bonds is 6. The van der Waals surface area contributed by atoms with Crippen molar-refractivity contribution in [2.75, 3.05) is 13.1 Å². The molecule has 1 aliphatic carbocycles. The predicted molar refractivity (Wildman–Crippen MR) is 79.3 cm³/mol. The number of hydrogen-bond acceptors (Lipinski definition) is 3.